The van der Waals surface area contributed by atoms with Crippen LogP contribution in [0.2, 0.25) is 0 Å². The van der Waals surface area contributed by atoms with Crippen molar-refractivity contribution in [2.45, 2.75) is 0 Å². The third kappa shape index (κ3) is 3.29. The maximum atomic E-state index is 13.4. The van der Waals surface area contributed by atoms with E-state index in [1.54, 1.807) is 48.8 Å². The summed E-state index contributed by atoms with van der Waals surface area (Å²) >= 11 is 6.59. The minimum Gasteiger partial charge on any atom is -0.506 e. The number of hydrogen-bond acceptors (Lipinski definition) is 4. The van der Waals surface area contributed by atoms with E-state index in [4.69, 9.17) is 0 Å². The van der Waals surface area contributed by atoms with Crippen molar-refractivity contribution in [2.75, 3.05) is 0 Å². The quantitative estimate of drug-likeness (QED) is 0.341. The van der Waals surface area contributed by atoms with Gasteiger partial charge in [0, 0.05) is 29.1 Å². The molecule has 0 radical (unpaired) electrons. The molecule has 0 fully saturated rings. The van der Waals surface area contributed by atoms with Crippen molar-refractivity contribution >= 4 is 31.9 Å². The van der Waals surface area contributed by atoms with Gasteiger partial charge in [-0.25, -0.2) is 9.37 Å². The van der Waals surface area contributed by atoms with Crippen molar-refractivity contribution in [3.63, 3.8) is 0 Å². The first-order valence-electron chi connectivity index (χ1n) is 8.12. The van der Waals surface area contributed by atoms with Gasteiger partial charge in [0.2, 0.25) is 0 Å². The van der Waals surface area contributed by atoms with E-state index in [0.717, 1.165) is 4.73 Å². The van der Waals surface area contributed by atoms with Crippen LogP contribution in [0.25, 0.3) is 33.9 Å². The molecule has 8 heteroatoms. The van der Waals surface area contributed by atoms with Gasteiger partial charge >= 0.3 is 0 Å². The molecule has 140 valence electrons. The number of aromatic nitrogens is 3. The lowest BCUT2D eigenvalue weighted by Crippen LogP contribution is -1.97. The van der Waals surface area contributed by atoms with Crippen LogP contribution in [-0.4, -0.2) is 25.0 Å². The molecule has 2 aromatic heterocycles. The molecule has 28 heavy (non-hydrogen) atoms. The summed E-state index contributed by atoms with van der Waals surface area (Å²) in [7, 11) is 0. The highest BCUT2D eigenvalue weighted by atomic mass is 79.9. The Bertz CT molecular complexity index is 1140. The van der Waals surface area contributed by atoms with Crippen LogP contribution in [0.15, 0.2) is 69.9 Å². The molecule has 0 unspecified atom stereocenters. The molecule has 0 aliphatic rings. The van der Waals surface area contributed by atoms with Crippen molar-refractivity contribution in [3.8, 4) is 39.7 Å². The van der Waals surface area contributed by atoms with Crippen LogP contribution in [-0.2, 0) is 0 Å². The Labute approximate surface area is 176 Å². The number of nitrogens with zero attached hydrogens (tertiary/aromatic N) is 3. The number of hydrogen-bond donors (Lipinski definition) is 2. The average Bonchev–Trinajstić information content (AvgIpc) is 3.04. The van der Waals surface area contributed by atoms with Crippen LogP contribution in [0.5, 0.6) is 5.75 Å². The van der Waals surface area contributed by atoms with Crippen LogP contribution in [0.3, 0.4) is 0 Å². The molecular formula is C20H12Br2FN3O2. The summed E-state index contributed by atoms with van der Waals surface area (Å²) in [6.45, 7) is 0. The van der Waals surface area contributed by atoms with Gasteiger partial charge in [-0.15, -0.1) is 0 Å². The molecule has 4 aromatic rings. The Morgan fingerprint density at radius 1 is 0.857 bits per heavy atom. The van der Waals surface area contributed by atoms with E-state index in [-0.39, 0.29) is 17.4 Å². The third-order valence-electron chi connectivity index (χ3n) is 4.20. The van der Waals surface area contributed by atoms with E-state index in [0.29, 0.717) is 37.0 Å². The van der Waals surface area contributed by atoms with Gasteiger partial charge in [-0.05, 0) is 80.4 Å². The summed E-state index contributed by atoms with van der Waals surface area (Å²) in [5, 5.41) is 20.9. The predicted molar refractivity (Wildman–Crippen MR) is 111 cm³/mol. The van der Waals surface area contributed by atoms with Crippen molar-refractivity contribution in [2.24, 2.45) is 0 Å². The molecular weight excluding hydrogens is 493 g/mol. The number of phenolic OH excluding ortho intramolecular Hbond substituents is 1. The average molecular weight is 505 g/mol. The molecule has 0 amide bonds. The van der Waals surface area contributed by atoms with Crippen LogP contribution in [0.4, 0.5) is 4.39 Å². The number of pyridine rings is 1. The highest BCUT2D eigenvalue weighted by Crippen LogP contribution is 2.39. The standard InChI is InChI=1S/C20H12Br2FN3O2/c21-15-9-13(10-16(22)19(15)27)20-25-17(11-1-3-14(23)4-2-11)18(26(20)28)12-5-7-24-8-6-12/h1-10,27-28H. The maximum absolute atomic E-state index is 13.4. The zero-order chi connectivity index (χ0) is 19.8. The largest absolute Gasteiger partial charge is 0.506 e. The molecule has 0 saturated carbocycles. The molecule has 0 aliphatic carbocycles. The van der Waals surface area contributed by atoms with Crippen molar-refractivity contribution < 1.29 is 14.7 Å². The van der Waals surface area contributed by atoms with Crippen LogP contribution in [0, 0.1) is 5.82 Å². The van der Waals surface area contributed by atoms with Crippen molar-refractivity contribution in [3.05, 3.63) is 75.7 Å². The third-order valence-corrected chi connectivity index (χ3v) is 5.41. The Balaban J connectivity index is 1.98. The molecule has 4 rings (SSSR count). The van der Waals surface area contributed by atoms with E-state index in [1.165, 1.54) is 12.1 Å². The summed E-state index contributed by atoms with van der Waals surface area (Å²) in [6.07, 6.45) is 3.23. The Morgan fingerprint density at radius 2 is 1.46 bits per heavy atom. The number of phenols is 1. The summed E-state index contributed by atoms with van der Waals surface area (Å²) in [4.78, 5) is 8.63. The lowest BCUT2D eigenvalue weighted by molar-refractivity contribution is 0.195. The minimum atomic E-state index is -0.357. The van der Waals surface area contributed by atoms with Gasteiger partial charge in [-0.2, -0.15) is 4.73 Å². The molecule has 2 N–H and O–H groups in total. The van der Waals surface area contributed by atoms with E-state index in [1.807, 2.05) is 0 Å². The number of halogens is 3. The number of aromatic hydroxyl groups is 1. The second kappa shape index (κ2) is 7.37. The first kappa shape index (κ1) is 18.6. The first-order chi connectivity index (χ1) is 13.5. The van der Waals surface area contributed by atoms with Gasteiger partial charge in [0.25, 0.3) is 0 Å². The normalized spacial score (nSPS) is 11.0. The lowest BCUT2D eigenvalue weighted by Gasteiger charge is -2.07. The fourth-order valence-electron chi connectivity index (χ4n) is 2.87. The molecule has 5 nitrogen and oxygen atoms in total. The smallest absolute Gasteiger partial charge is 0.176 e. The lowest BCUT2D eigenvalue weighted by atomic mass is 10.1. The molecule has 0 spiro atoms. The van der Waals surface area contributed by atoms with Crippen LogP contribution >= 0.6 is 31.9 Å². The summed E-state index contributed by atoms with van der Waals surface area (Å²) in [6, 6.07) is 12.7. The minimum absolute atomic E-state index is 0.0490. The van der Waals surface area contributed by atoms with Gasteiger partial charge in [-0.1, -0.05) is 0 Å². The first-order valence-corrected chi connectivity index (χ1v) is 9.71. The second-order valence-corrected chi connectivity index (χ2v) is 7.68. The number of benzene rings is 2. The second-order valence-electron chi connectivity index (χ2n) is 5.98. The zero-order valence-electron chi connectivity index (χ0n) is 14.1. The Morgan fingerprint density at radius 3 is 2.07 bits per heavy atom. The molecule has 0 bridgehead atoms. The number of rotatable bonds is 3. The van der Waals surface area contributed by atoms with Crippen LogP contribution in [0.1, 0.15) is 0 Å². The van der Waals surface area contributed by atoms with E-state index in [9.17, 15) is 14.7 Å². The fraction of sp³-hybridized carbons (Fsp3) is 0. The van der Waals surface area contributed by atoms with Gasteiger partial charge < -0.3 is 10.3 Å². The fourth-order valence-corrected chi connectivity index (χ4v) is 4.06. The molecule has 2 aromatic carbocycles. The summed E-state index contributed by atoms with van der Waals surface area (Å²) in [5.41, 5.74) is 2.86. The predicted octanol–water partition coefficient (Wildman–Crippen LogP) is 5.89. The van der Waals surface area contributed by atoms with Crippen LogP contribution < -0.4 is 0 Å². The highest BCUT2D eigenvalue weighted by molar-refractivity contribution is 9.11. The monoisotopic (exact) mass is 503 g/mol. The highest BCUT2D eigenvalue weighted by Gasteiger charge is 2.22. The zero-order valence-corrected chi connectivity index (χ0v) is 17.3. The van der Waals surface area contributed by atoms with Crippen molar-refractivity contribution in [1.82, 2.24) is 14.7 Å². The van der Waals surface area contributed by atoms with Gasteiger partial charge in [0.05, 0.1) is 8.95 Å². The van der Waals surface area contributed by atoms with Gasteiger partial charge in [0.1, 0.15) is 23.0 Å². The van der Waals surface area contributed by atoms with E-state index in [2.05, 4.69) is 41.8 Å². The summed E-state index contributed by atoms with van der Waals surface area (Å²) in [5.74, 6) is -0.0373. The number of imidazole rings is 1. The van der Waals surface area contributed by atoms with E-state index >= 15 is 0 Å². The van der Waals surface area contributed by atoms with Gasteiger partial charge in [-0.3, -0.25) is 4.98 Å². The molecule has 2 heterocycles. The SMILES string of the molecule is Oc1c(Br)cc(-c2nc(-c3ccc(F)cc3)c(-c3ccncc3)n2O)cc1Br. The van der Waals surface area contributed by atoms with Crippen molar-refractivity contribution in [1.29, 1.82) is 0 Å². The Hall–Kier alpha value is -2.71. The Kier molecular flexibility index (Phi) is 4.91. The topological polar surface area (TPSA) is 71.2 Å². The molecule has 0 atom stereocenters. The van der Waals surface area contributed by atoms with E-state index < -0.39 is 0 Å². The maximum Gasteiger partial charge on any atom is 0.176 e. The molecule has 0 aliphatic heterocycles. The summed E-state index contributed by atoms with van der Waals surface area (Å²) < 4.78 is 15.3. The molecule has 0 saturated heterocycles. The van der Waals surface area contributed by atoms with Gasteiger partial charge in [0.15, 0.2) is 5.82 Å².